The quantitative estimate of drug-likeness (QED) is 0.755. The SMILES string of the molecule is CC[C@H](C)N(Cc1c(-c2ccccc2)nn(C)c1N(C)C)C(=O)C(C)C. The molecule has 0 aliphatic heterocycles. The summed E-state index contributed by atoms with van der Waals surface area (Å²) >= 11 is 0. The minimum absolute atomic E-state index is 0.0244. The summed E-state index contributed by atoms with van der Waals surface area (Å²) in [6.45, 7) is 8.74. The number of nitrogens with zero attached hydrogens (tertiary/aromatic N) is 4. The lowest BCUT2D eigenvalue weighted by atomic mass is 10.0. The molecule has 0 radical (unpaired) electrons. The molecule has 1 aromatic heterocycles. The molecule has 0 aliphatic rings. The number of aromatic nitrogens is 2. The first-order valence-electron chi connectivity index (χ1n) is 9.36. The van der Waals surface area contributed by atoms with E-state index in [-0.39, 0.29) is 17.9 Å². The second-order valence-corrected chi connectivity index (χ2v) is 7.41. The van der Waals surface area contributed by atoms with Crippen molar-refractivity contribution >= 4 is 11.7 Å². The zero-order valence-electron chi connectivity index (χ0n) is 17.2. The summed E-state index contributed by atoms with van der Waals surface area (Å²) < 4.78 is 1.91. The Bertz CT molecular complexity index is 734. The van der Waals surface area contributed by atoms with Crippen molar-refractivity contribution < 1.29 is 4.79 Å². The summed E-state index contributed by atoms with van der Waals surface area (Å²) in [6, 6.07) is 10.4. The number of benzene rings is 1. The molecule has 2 aromatic rings. The molecule has 0 spiro atoms. The van der Waals surface area contributed by atoms with E-state index in [1.54, 1.807) is 0 Å². The molecule has 0 fully saturated rings. The maximum Gasteiger partial charge on any atom is 0.225 e. The molecule has 1 heterocycles. The van der Waals surface area contributed by atoms with Gasteiger partial charge in [0.15, 0.2) is 0 Å². The second kappa shape index (κ2) is 8.39. The standard InChI is InChI=1S/C21H32N4O/c1-8-16(4)25(21(26)15(2)3)14-18-19(17-12-10-9-11-13-17)22-24(7)20(18)23(5)6/h9-13,15-16H,8,14H2,1-7H3/t16-/m0/s1. The number of rotatable bonds is 7. The van der Waals surface area contributed by atoms with Crippen LogP contribution < -0.4 is 4.90 Å². The molecule has 1 atom stereocenters. The van der Waals surface area contributed by atoms with Gasteiger partial charge in [0, 0.05) is 44.2 Å². The van der Waals surface area contributed by atoms with Crippen LogP contribution in [-0.2, 0) is 18.4 Å². The van der Waals surface area contributed by atoms with E-state index in [0.717, 1.165) is 29.1 Å². The van der Waals surface area contributed by atoms with E-state index < -0.39 is 0 Å². The van der Waals surface area contributed by atoms with E-state index in [1.165, 1.54) is 0 Å². The van der Waals surface area contributed by atoms with Crippen LogP contribution in [0.15, 0.2) is 30.3 Å². The molecule has 26 heavy (non-hydrogen) atoms. The lowest BCUT2D eigenvalue weighted by molar-refractivity contribution is -0.137. The van der Waals surface area contributed by atoms with Gasteiger partial charge >= 0.3 is 0 Å². The zero-order valence-corrected chi connectivity index (χ0v) is 17.2. The van der Waals surface area contributed by atoms with Gasteiger partial charge in [0.2, 0.25) is 5.91 Å². The van der Waals surface area contributed by atoms with Gasteiger partial charge < -0.3 is 9.80 Å². The number of hydrogen-bond donors (Lipinski definition) is 0. The largest absolute Gasteiger partial charge is 0.363 e. The van der Waals surface area contributed by atoms with Crippen molar-refractivity contribution in [2.75, 3.05) is 19.0 Å². The monoisotopic (exact) mass is 356 g/mol. The fourth-order valence-corrected chi connectivity index (χ4v) is 3.27. The van der Waals surface area contributed by atoms with Crippen LogP contribution in [0.4, 0.5) is 5.82 Å². The first kappa shape index (κ1) is 20.0. The number of carbonyl (C=O) groups is 1. The van der Waals surface area contributed by atoms with Crippen LogP contribution in [0.1, 0.15) is 39.7 Å². The Morgan fingerprint density at radius 1 is 1.15 bits per heavy atom. The van der Waals surface area contributed by atoms with Crippen molar-refractivity contribution in [1.82, 2.24) is 14.7 Å². The van der Waals surface area contributed by atoms with Crippen LogP contribution in [0, 0.1) is 5.92 Å². The molecule has 0 saturated carbocycles. The van der Waals surface area contributed by atoms with Crippen molar-refractivity contribution in [3.05, 3.63) is 35.9 Å². The maximum absolute atomic E-state index is 12.9. The molecule has 142 valence electrons. The highest BCUT2D eigenvalue weighted by atomic mass is 16.2. The topological polar surface area (TPSA) is 41.4 Å². The lowest BCUT2D eigenvalue weighted by Crippen LogP contribution is -2.40. The highest BCUT2D eigenvalue weighted by Gasteiger charge is 2.27. The third-order valence-electron chi connectivity index (χ3n) is 4.81. The van der Waals surface area contributed by atoms with Crippen LogP contribution in [0.5, 0.6) is 0 Å². The molecule has 5 heteroatoms. The summed E-state index contributed by atoms with van der Waals surface area (Å²) in [4.78, 5) is 16.9. The predicted octanol–water partition coefficient (Wildman–Crippen LogP) is 3.94. The molecular weight excluding hydrogens is 324 g/mol. The van der Waals surface area contributed by atoms with Gasteiger partial charge in [0.1, 0.15) is 5.82 Å². The Morgan fingerprint density at radius 2 is 1.77 bits per heavy atom. The zero-order chi connectivity index (χ0) is 19.4. The predicted molar refractivity (Wildman–Crippen MR) is 108 cm³/mol. The van der Waals surface area contributed by atoms with Crippen molar-refractivity contribution in [1.29, 1.82) is 0 Å². The minimum Gasteiger partial charge on any atom is -0.363 e. The fraction of sp³-hybridized carbons (Fsp3) is 0.524. The van der Waals surface area contributed by atoms with Crippen molar-refractivity contribution in [2.24, 2.45) is 13.0 Å². The molecule has 0 saturated heterocycles. The number of aryl methyl sites for hydroxylation is 1. The molecule has 1 aromatic carbocycles. The van der Waals surface area contributed by atoms with E-state index in [4.69, 9.17) is 5.10 Å². The van der Waals surface area contributed by atoms with Crippen LogP contribution in [-0.4, -0.2) is 40.7 Å². The molecule has 0 aliphatic carbocycles. The van der Waals surface area contributed by atoms with E-state index in [0.29, 0.717) is 6.54 Å². The number of amides is 1. The maximum atomic E-state index is 12.9. The fourth-order valence-electron chi connectivity index (χ4n) is 3.27. The molecule has 2 rings (SSSR count). The van der Waals surface area contributed by atoms with Crippen LogP contribution in [0.25, 0.3) is 11.3 Å². The molecule has 0 bridgehead atoms. The van der Waals surface area contributed by atoms with Crippen LogP contribution in [0.3, 0.4) is 0 Å². The molecule has 5 nitrogen and oxygen atoms in total. The van der Waals surface area contributed by atoms with Crippen LogP contribution >= 0.6 is 0 Å². The summed E-state index contributed by atoms with van der Waals surface area (Å²) in [5, 5.41) is 4.78. The normalized spacial score (nSPS) is 12.3. The molecule has 0 unspecified atom stereocenters. The highest BCUT2D eigenvalue weighted by Crippen LogP contribution is 2.32. The number of hydrogen-bond acceptors (Lipinski definition) is 3. The third kappa shape index (κ3) is 4.09. The van der Waals surface area contributed by atoms with Gasteiger partial charge in [-0.3, -0.25) is 9.48 Å². The highest BCUT2D eigenvalue weighted by molar-refractivity contribution is 5.79. The van der Waals surface area contributed by atoms with Gasteiger partial charge in [-0.1, -0.05) is 51.1 Å². The Balaban J connectivity index is 2.56. The van der Waals surface area contributed by atoms with Crippen LogP contribution in [0.2, 0.25) is 0 Å². The van der Waals surface area contributed by atoms with E-state index in [2.05, 4.69) is 30.9 Å². The Morgan fingerprint density at radius 3 is 2.27 bits per heavy atom. The summed E-state index contributed by atoms with van der Waals surface area (Å²) in [5.74, 6) is 1.20. The first-order valence-corrected chi connectivity index (χ1v) is 9.36. The average molecular weight is 357 g/mol. The molecular formula is C21H32N4O. The number of anilines is 1. The second-order valence-electron chi connectivity index (χ2n) is 7.41. The van der Waals surface area contributed by atoms with E-state index >= 15 is 0 Å². The summed E-state index contributed by atoms with van der Waals surface area (Å²) in [7, 11) is 6.00. The average Bonchev–Trinajstić information content (AvgIpc) is 2.95. The minimum atomic E-state index is -0.0244. The molecule has 0 N–H and O–H groups in total. The van der Waals surface area contributed by atoms with Gasteiger partial charge in [-0.05, 0) is 13.3 Å². The van der Waals surface area contributed by atoms with Crippen molar-refractivity contribution in [2.45, 2.75) is 46.7 Å². The van der Waals surface area contributed by atoms with Gasteiger partial charge in [-0.2, -0.15) is 5.10 Å². The first-order chi connectivity index (χ1) is 12.3. The van der Waals surface area contributed by atoms with Gasteiger partial charge in [-0.25, -0.2) is 0 Å². The molecule has 1 amide bonds. The van der Waals surface area contributed by atoms with E-state index in [9.17, 15) is 4.79 Å². The van der Waals surface area contributed by atoms with Gasteiger partial charge in [0.25, 0.3) is 0 Å². The lowest BCUT2D eigenvalue weighted by Gasteiger charge is -2.31. The Kier molecular flexibility index (Phi) is 6.46. The Hall–Kier alpha value is -2.30. The van der Waals surface area contributed by atoms with Crippen molar-refractivity contribution in [3.63, 3.8) is 0 Å². The smallest absolute Gasteiger partial charge is 0.225 e. The van der Waals surface area contributed by atoms with Gasteiger partial charge in [0.05, 0.1) is 12.2 Å². The van der Waals surface area contributed by atoms with Crippen molar-refractivity contribution in [3.8, 4) is 11.3 Å². The summed E-state index contributed by atoms with van der Waals surface area (Å²) in [6.07, 6.45) is 0.927. The Labute approximate surface area is 157 Å². The van der Waals surface area contributed by atoms with Gasteiger partial charge in [-0.15, -0.1) is 0 Å². The third-order valence-corrected chi connectivity index (χ3v) is 4.81. The summed E-state index contributed by atoms with van der Waals surface area (Å²) in [5.41, 5.74) is 3.12. The van der Waals surface area contributed by atoms with E-state index in [1.807, 2.05) is 62.8 Å². The number of carbonyl (C=O) groups excluding carboxylic acids is 1.